The first-order valence-corrected chi connectivity index (χ1v) is 8.06. The van der Waals surface area contributed by atoms with Crippen LogP contribution in [-0.4, -0.2) is 17.3 Å². The Morgan fingerprint density at radius 1 is 1.24 bits per heavy atom. The summed E-state index contributed by atoms with van der Waals surface area (Å²) in [4.78, 5) is 0. The third-order valence-electron chi connectivity index (χ3n) is 4.06. The van der Waals surface area contributed by atoms with Crippen LogP contribution < -0.4 is 4.74 Å². The lowest BCUT2D eigenvalue weighted by Crippen LogP contribution is -2.22. The fourth-order valence-electron chi connectivity index (χ4n) is 2.13. The highest BCUT2D eigenvalue weighted by molar-refractivity contribution is 5.27. The number of ether oxygens (including phenoxy) is 1. The number of aryl methyl sites for hydroxylation is 1. The number of benzene rings is 1. The monoisotopic (exact) mass is 290 g/mol. The van der Waals surface area contributed by atoms with Crippen LogP contribution in [-0.2, 0) is 6.42 Å². The van der Waals surface area contributed by atoms with E-state index in [1.807, 2.05) is 26.0 Å². The summed E-state index contributed by atoms with van der Waals surface area (Å²) in [5.74, 6) is 0.921. The normalized spacial score (nSPS) is 14.8. The Hall–Kier alpha value is -1.28. The zero-order valence-electron chi connectivity index (χ0n) is 14.0. The lowest BCUT2D eigenvalue weighted by Gasteiger charge is -2.20. The summed E-state index contributed by atoms with van der Waals surface area (Å²) < 4.78 is 5.72. The first-order valence-electron chi connectivity index (χ1n) is 8.06. The van der Waals surface area contributed by atoms with Gasteiger partial charge in [0.05, 0.1) is 5.60 Å². The molecule has 118 valence electrons. The molecule has 0 saturated heterocycles. The van der Waals surface area contributed by atoms with Gasteiger partial charge in [0, 0.05) is 0 Å². The molecule has 0 radical (unpaired) electrons. The van der Waals surface area contributed by atoms with Gasteiger partial charge in [-0.05, 0) is 69.7 Å². The van der Waals surface area contributed by atoms with Crippen molar-refractivity contribution < 1.29 is 9.84 Å². The molecule has 1 unspecified atom stereocenters. The molecule has 0 aliphatic heterocycles. The summed E-state index contributed by atoms with van der Waals surface area (Å²) in [7, 11) is 0. The van der Waals surface area contributed by atoms with E-state index in [1.165, 1.54) is 11.1 Å². The highest BCUT2D eigenvalue weighted by atomic mass is 16.5. The molecular weight excluding hydrogens is 260 g/mol. The van der Waals surface area contributed by atoms with E-state index in [0.29, 0.717) is 6.61 Å². The molecule has 0 aliphatic carbocycles. The van der Waals surface area contributed by atoms with Gasteiger partial charge >= 0.3 is 0 Å². The van der Waals surface area contributed by atoms with Crippen molar-refractivity contribution in [2.24, 2.45) is 0 Å². The minimum absolute atomic E-state index is 0.516. The van der Waals surface area contributed by atoms with Crippen molar-refractivity contribution in [1.29, 1.82) is 0 Å². The van der Waals surface area contributed by atoms with E-state index in [2.05, 4.69) is 32.1 Å². The minimum Gasteiger partial charge on any atom is -0.490 e. The highest BCUT2D eigenvalue weighted by Gasteiger charge is 2.16. The van der Waals surface area contributed by atoms with E-state index in [-0.39, 0.29) is 0 Å². The topological polar surface area (TPSA) is 29.5 Å². The number of aliphatic hydroxyl groups is 1. The zero-order chi connectivity index (χ0) is 15.7. The number of hydrogen-bond donors (Lipinski definition) is 1. The Balaban J connectivity index is 2.28. The van der Waals surface area contributed by atoms with Crippen molar-refractivity contribution in [3.05, 3.63) is 41.5 Å². The molecule has 0 saturated carbocycles. The highest BCUT2D eigenvalue weighted by Crippen LogP contribution is 2.19. The summed E-state index contributed by atoms with van der Waals surface area (Å²) >= 11 is 0. The average Bonchev–Trinajstić information content (AvgIpc) is 2.48. The van der Waals surface area contributed by atoms with Crippen molar-refractivity contribution in [1.82, 2.24) is 0 Å². The average molecular weight is 290 g/mol. The third kappa shape index (κ3) is 7.33. The summed E-state index contributed by atoms with van der Waals surface area (Å²) in [5.41, 5.74) is 2.14. The molecular formula is C19H30O2. The Morgan fingerprint density at radius 2 is 1.90 bits per heavy atom. The molecule has 0 fully saturated rings. The molecule has 0 spiro atoms. The van der Waals surface area contributed by atoms with Crippen LogP contribution in [0.5, 0.6) is 5.75 Å². The standard InChI is InChI=1S/C19H30O2/c1-5-17-9-11-18(12-10-17)21-15-13-16(3)8-7-14-19(4,20)6-2/h9-13,20H,5-8,14-15H2,1-4H3. The van der Waals surface area contributed by atoms with Gasteiger partial charge in [-0.3, -0.25) is 0 Å². The van der Waals surface area contributed by atoms with E-state index in [0.717, 1.165) is 37.9 Å². The predicted octanol–water partition coefficient (Wildman–Crippen LogP) is 4.91. The molecule has 1 N–H and O–H groups in total. The summed E-state index contributed by atoms with van der Waals surface area (Å²) in [5, 5.41) is 9.96. The zero-order valence-corrected chi connectivity index (χ0v) is 14.0. The van der Waals surface area contributed by atoms with Crippen LogP contribution in [0.4, 0.5) is 0 Å². The molecule has 1 aromatic rings. The quantitative estimate of drug-likeness (QED) is 0.655. The van der Waals surface area contributed by atoms with Gasteiger partial charge in [-0.2, -0.15) is 0 Å². The van der Waals surface area contributed by atoms with Gasteiger partial charge in [-0.25, -0.2) is 0 Å². The predicted molar refractivity (Wildman–Crippen MR) is 89.8 cm³/mol. The van der Waals surface area contributed by atoms with Crippen LogP contribution in [0.2, 0.25) is 0 Å². The molecule has 0 amide bonds. The van der Waals surface area contributed by atoms with Crippen molar-refractivity contribution in [2.75, 3.05) is 6.61 Å². The van der Waals surface area contributed by atoms with E-state index in [4.69, 9.17) is 4.74 Å². The van der Waals surface area contributed by atoms with Crippen LogP contribution in [0.25, 0.3) is 0 Å². The van der Waals surface area contributed by atoms with Gasteiger partial charge in [-0.1, -0.05) is 31.6 Å². The van der Waals surface area contributed by atoms with Crippen LogP contribution in [0.1, 0.15) is 58.9 Å². The Labute approximate surface area is 129 Å². The molecule has 0 bridgehead atoms. The molecule has 2 nitrogen and oxygen atoms in total. The fraction of sp³-hybridized carbons (Fsp3) is 0.579. The molecule has 21 heavy (non-hydrogen) atoms. The van der Waals surface area contributed by atoms with Gasteiger partial charge in [-0.15, -0.1) is 0 Å². The Bertz CT molecular complexity index is 429. The Morgan fingerprint density at radius 3 is 2.48 bits per heavy atom. The SMILES string of the molecule is CCc1ccc(OCC=C(C)CCCC(C)(O)CC)cc1. The van der Waals surface area contributed by atoms with Crippen LogP contribution in [0.3, 0.4) is 0 Å². The second kappa shape index (κ2) is 8.89. The summed E-state index contributed by atoms with van der Waals surface area (Å²) in [6.07, 6.45) is 6.90. The maximum Gasteiger partial charge on any atom is 0.119 e. The van der Waals surface area contributed by atoms with Gasteiger partial charge in [0.15, 0.2) is 0 Å². The molecule has 1 atom stereocenters. The van der Waals surface area contributed by atoms with Crippen LogP contribution >= 0.6 is 0 Å². The van der Waals surface area contributed by atoms with Crippen molar-refractivity contribution in [2.45, 2.75) is 65.4 Å². The van der Waals surface area contributed by atoms with Crippen LogP contribution in [0.15, 0.2) is 35.9 Å². The fourth-order valence-corrected chi connectivity index (χ4v) is 2.13. The van der Waals surface area contributed by atoms with E-state index in [9.17, 15) is 5.11 Å². The number of rotatable bonds is 9. The molecule has 0 aromatic heterocycles. The van der Waals surface area contributed by atoms with E-state index in [1.54, 1.807) is 0 Å². The van der Waals surface area contributed by atoms with Gasteiger partial charge < -0.3 is 9.84 Å². The number of hydrogen-bond acceptors (Lipinski definition) is 2. The van der Waals surface area contributed by atoms with Gasteiger partial charge in [0.25, 0.3) is 0 Å². The summed E-state index contributed by atoms with van der Waals surface area (Å²) in [6.45, 7) is 8.83. The molecule has 1 rings (SSSR count). The second-order valence-corrected chi connectivity index (χ2v) is 6.06. The maximum absolute atomic E-state index is 9.96. The Kier molecular flexibility index (Phi) is 7.52. The first kappa shape index (κ1) is 17.8. The van der Waals surface area contributed by atoms with Crippen molar-refractivity contribution in [3.63, 3.8) is 0 Å². The van der Waals surface area contributed by atoms with Gasteiger partial charge in [0.1, 0.15) is 12.4 Å². The van der Waals surface area contributed by atoms with Crippen LogP contribution in [0, 0.1) is 0 Å². The minimum atomic E-state index is -0.516. The van der Waals surface area contributed by atoms with Gasteiger partial charge in [0.2, 0.25) is 0 Å². The smallest absolute Gasteiger partial charge is 0.119 e. The second-order valence-electron chi connectivity index (χ2n) is 6.06. The van der Waals surface area contributed by atoms with E-state index < -0.39 is 5.60 Å². The lowest BCUT2D eigenvalue weighted by molar-refractivity contribution is 0.0450. The third-order valence-corrected chi connectivity index (χ3v) is 4.06. The van der Waals surface area contributed by atoms with E-state index >= 15 is 0 Å². The molecule has 0 heterocycles. The molecule has 1 aromatic carbocycles. The maximum atomic E-state index is 9.96. The first-order chi connectivity index (χ1) is 9.96. The largest absolute Gasteiger partial charge is 0.490 e. The van der Waals surface area contributed by atoms with Crippen molar-refractivity contribution >= 4 is 0 Å². The molecule has 2 heteroatoms. The molecule has 0 aliphatic rings. The lowest BCUT2D eigenvalue weighted by atomic mass is 9.95. The van der Waals surface area contributed by atoms with Crippen molar-refractivity contribution in [3.8, 4) is 5.75 Å². The number of allylic oxidation sites excluding steroid dienone is 1. The summed E-state index contributed by atoms with van der Waals surface area (Å²) in [6, 6.07) is 8.28.